The van der Waals surface area contributed by atoms with E-state index in [4.69, 9.17) is 0 Å². The van der Waals surface area contributed by atoms with Gasteiger partial charge in [-0.3, -0.25) is 0 Å². The molecule has 1 aromatic heterocycles. The SMILES string of the molecule is CS(=O)(=O)N1CCc2sccc2C1. The van der Waals surface area contributed by atoms with E-state index >= 15 is 0 Å². The molecule has 0 N–H and O–H groups in total. The van der Waals surface area contributed by atoms with Crippen LogP contribution in [0.3, 0.4) is 0 Å². The Balaban J connectivity index is 2.27. The highest BCUT2D eigenvalue weighted by Gasteiger charge is 2.23. The topological polar surface area (TPSA) is 37.4 Å². The van der Waals surface area contributed by atoms with Gasteiger partial charge < -0.3 is 0 Å². The van der Waals surface area contributed by atoms with E-state index in [2.05, 4.69) is 0 Å². The van der Waals surface area contributed by atoms with Crippen LogP contribution in [-0.2, 0) is 23.0 Å². The summed E-state index contributed by atoms with van der Waals surface area (Å²) in [5.41, 5.74) is 1.17. The molecule has 1 aromatic rings. The van der Waals surface area contributed by atoms with Crippen molar-refractivity contribution in [3.63, 3.8) is 0 Å². The fourth-order valence-electron chi connectivity index (χ4n) is 1.51. The molecule has 1 aliphatic heterocycles. The van der Waals surface area contributed by atoms with E-state index in [1.165, 1.54) is 21.0 Å². The van der Waals surface area contributed by atoms with Crippen LogP contribution in [0.15, 0.2) is 11.4 Å². The van der Waals surface area contributed by atoms with Crippen LogP contribution in [0.1, 0.15) is 10.4 Å². The second-order valence-corrected chi connectivity index (χ2v) is 6.20. The molecule has 13 heavy (non-hydrogen) atoms. The first-order valence-electron chi connectivity index (χ1n) is 4.08. The molecule has 0 atom stereocenters. The zero-order chi connectivity index (χ0) is 9.47. The summed E-state index contributed by atoms with van der Waals surface area (Å²) in [6.07, 6.45) is 2.13. The summed E-state index contributed by atoms with van der Waals surface area (Å²) in [6.45, 7) is 1.18. The fraction of sp³-hybridized carbons (Fsp3) is 0.500. The minimum atomic E-state index is -3.01. The number of hydrogen-bond acceptors (Lipinski definition) is 3. The first kappa shape index (κ1) is 9.18. The number of thiophene rings is 1. The minimum Gasteiger partial charge on any atom is -0.212 e. The van der Waals surface area contributed by atoms with E-state index in [1.807, 2.05) is 11.4 Å². The predicted octanol–water partition coefficient (Wildman–Crippen LogP) is 1.07. The average Bonchev–Trinajstić information content (AvgIpc) is 2.47. The van der Waals surface area contributed by atoms with Crippen molar-refractivity contribution in [1.29, 1.82) is 0 Å². The van der Waals surface area contributed by atoms with Gasteiger partial charge in [-0.2, -0.15) is 4.31 Å². The molecule has 0 saturated heterocycles. The number of nitrogens with zero attached hydrogens (tertiary/aromatic N) is 1. The van der Waals surface area contributed by atoms with E-state index < -0.39 is 10.0 Å². The van der Waals surface area contributed by atoms with Crippen LogP contribution < -0.4 is 0 Å². The molecule has 0 saturated carbocycles. The Morgan fingerprint density at radius 1 is 1.54 bits per heavy atom. The Morgan fingerprint density at radius 2 is 2.31 bits per heavy atom. The average molecular weight is 217 g/mol. The van der Waals surface area contributed by atoms with Crippen LogP contribution in [0.25, 0.3) is 0 Å². The van der Waals surface area contributed by atoms with Crippen LogP contribution in [0.5, 0.6) is 0 Å². The number of sulfonamides is 1. The van der Waals surface area contributed by atoms with Gasteiger partial charge in [0, 0.05) is 18.0 Å². The van der Waals surface area contributed by atoms with Crippen molar-refractivity contribution in [1.82, 2.24) is 4.31 Å². The fourth-order valence-corrected chi connectivity index (χ4v) is 3.19. The Hall–Kier alpha value is -0.390. The van der Waals surface area contributed by atoms with Gasteiger partial charge >= 0.3 is 0 Å². The molecule has 0 amide bonds. The molecule has 0 bridgehead atoms. The number of rotatable bonds is 1. The molecule has 2 heterocycles. The summed E-state index contributed by atoms with van der Waals surface area (Å²) < 4.78 is 24.0. The number of hydrogen-bond donors (Lipinski definition) is 0. The van der Waals surface area contributed by atoms with Gasteiger partial charge in [-0.25, -0.2) is 8.42 Å². The molecular formula is C8H11NO2S2. The summed E-state index contributed by atoms with van der Waals surface area (Å²) in [6, 6.07) is 2.01. The van der Waals surface area contributed by atoms with Crippen LogP contribution in [-0.4, -0.2) is 25.5 Å². The van der Waals surface area contributed by atoms with Gasteiger partial charge in [0.2, 0.25) is 10.0 Å². The minimum absolute atomic E-state index is 0.553. The zero-order valence-corrected chi connectivity index (χ0v) is 8.99. The largest absolute Gasteiger partial charge is 0.212 e. The lowest BCUT2D eigenvalue weighted by atomic mass is 10.1. The van der Waals surface area contributed by atoms with Crippen molar-refractivity contribution in [2.24, 2.45) is 0 Å². The first-order chi connectivity index (χ1) is 6.07. The van der Waals surface area contributed by atoms with Crippen molar-refractivity contribution >= 4 is 21.4 Å². The van der Waals surface area contributed by atoms with Gasteiger partial charge in [-0.1, -0.05) is 0 Å². The van der Waals surface area contributed by atoms with Crippen LogP contribution >= 0.6 is 11.3 Å². The quantitative estimate of drug-likeness (QED) is 0.705. The van der Waals surface area contributed by atoms with Crippen molar-refractivity contribution in [3.05, 3.63) is 21.9 Å². The van der Waals surface area contributed by atoms with Gasteiger partial charge in [0.25, 0.3) is 0 Å². The summed E-state index contributed by atoms with van der Waals surface area (Å²) >= 11 is 1.72. The molecule has 0 unspecified atom stereocenters. The first-order valence-corrected chi connectivity index (χ1v) is 6.80. The predicted molar refractivity (Wildman–Crippen MR) is 53.3 cm³/mol. The summed E-state index contributed by atoms with van der Waals surface area (Å²) in [5, 5.41) is 2.02. The van der Waals surface area contributed by atoms with Crippen molar-refractivity contribution in [3.8, 4) is 0 Å². The van der Waals surface area contributed by atoms with Gasteiger partial charge in [0.1, 0.15) is 0 Å². The molecular weight excluding hydrogens is 206 g/mol. The van der Waals surface area contributed by atoms with Gasteiger partial charge in [0.15, 0.2) is 0 Å². The standard InChI is InChI=1S/C8H11NO2S2/c1-13(10,11)9-4-2-8-7(6-9)3-5-12-8/h3,5H,2,4,6H2,1H3. The number of fused-ring (bicyclic) bond motifs is 1. The van der Waals surface area contributed by atoms with Gasteiger partial charge in [-0.15, -0.1) is 11.3 Å². The highest BCUT2D eigenvalue weighted by Crippen LogP contribution is 2.24. The monoisotopic (exact) mass is 217 g/mol. The third-order valence-corrected chi connectivity index (χ3v) is 4.51. The Labute approximate surface area is 82.0 Å². The van der Waals surface area contributed by atoms with Crippen molar-refractivity contribution < 1.29 is 8.42 Å². The highest BCUT2D eigenvalue weighted by atomic mass is 32.2. The highest BCUT2D eigenvalue weighted by molar-refractivity contribution is 7.88. The molecule has 5 heteroatoms. The summed E-state index contributed by atoms with van der Waals surface area (Å²) in [4.78, 5) is 1.33. The lowest BCUT2D eigenvalue weighted by molar-refractivity contribution is 0.398. The third-order valence-electron chi connectivity index (χ3n) is 2.24. The van der Waals surface area contributed by atoms with Crippen molar-refractivity contribution in [2.75, 3.05) is 12.8 Å². The zero-order valence-electron chi connectivity index (χ0n) is 7.36. The smallest absolute Gasteiger partial charge is 0.211 e. The van der Waals surface area contributed by atoms with Crippen LogP contribution in [0, 0.1) is 0 Å². The maximum atomic E-state index is 11.2. The Morgan fingerprint density at radius 3 is 3.00 bits per heavy atom. The maximum Gasteiger partial charge on any atom is 0.211 e. The van der Waals surface area contributed by atoms with E-state index in [0.29, 0.717) is 13.1 Å². The van der Waals surface area contributed by atoms with Crippen LogP contribution in [0.2, 0.25) is 0 Å². The van der Waals surface area contributed by atoms with E-state index in [-0.39, 0.29) is 0 Å². The molecule has 0 radical (unpaired) electrons. The Bertz CT molecular complexity index is 408. The molecule has 2 rings (SSSR count). The molecule has 1 aliphatic rings. The summed E-state index contributed by atoms with van der Waals surface area (Å²) in [5.74, 6) is 0. The van der Waals surface area contributed by atoms with E-state index in [0.717, 1.165) is 6.42 Å². The normalized spacial score (nSPS) is 18.5. The van der Waals surface area contributed by atoms with Crippen LogP contribution in [0.4, 0.5) is 0 Å². The molecule has 72 valence electrons. The van der Waals surface area contributed by atoms with Gasteiger partial charge in [-0.05, 0) is 23.4 Å². The molecule has 0 aromatic carbocycles. The van der Waals surface area contributed by atoms with E-state index in [9.17, 15) is 8.42 Å². The molecule has 3 nitrogen and oxygen atoms in total. The lowest BCUT2D eigenvalue weighted by Gasteiger charge is -2.24. The van der Waals surface area contributed by atoms with E-state index in [1.54, 1.807) is 11.3 Å². The lowest BCUT2D eigenvalue weighted by Crippen LogP contribution is -2.34. The molecule has 0 spiro atoms. The second-order valence-electron chi connectivity index (χ2n) is 3.22. The second kappa shape index (κ2) is 3.08. The Kier molecular flexibility index (Phi) is 2.17. The van der Waals surface area contributed by atoms with Crippen molar-refractivity contribution in [2.45, 2.75) is 13.0 Å². The summed E-state index contributed by atoms with van der Waals surface area (Å²) in [7, 11) is -3.01. The third kappa shape index (κ3) is 1.77. The molecule has 0 fully saturated rings. The maximum absolute atomic E-state index is 11.2. The van der Waals surface area contributed by atoms with Gasteiger partial charge in [0.05, 0.1) is 6.26 Å². The molecule has 0 aliphatic carbocycles.